The molecule has 3 nitrogen and oxygen atoms in total. The molecule has 0 bridgehead atoms. The van der Waals surface area contributed by atoms with Crippen LogP contribution in [0.25, 0.3) is 21.8 Å². The van der Waals surface area contributed by atoms with Crippen molar-refractivity contribution < 1.29 is 4.79 Å². The molecule has 1 aliphatic heterocycles. The van der Waals surface area contributed by atoms with Crippen molar-refractivity contribution in [1.82, 2.24) is 9.13 Å². The van der Waals surface area contributed by atoms with Crippen molar-refractivity contribution in [3.63, 3.8) is 0 Å². The Morgan fingerprint density at radius 1 is 1.07 bits per heavy atom. The molecule has 0 spiro atoms. The summed E-state index contributed by atoms with van der Waals surface area (Å²) in [6.07, 6.45) is 6.24. The molecule has 148 valence electrons. The lowest BCUT2D eigenvalue weighted by atomic mass is 9.74. The molecule has 29 heavy (non-hydrogen) atoms. The van der Waals surface area contributed by atoms with E-state index in [2.05, 4.69) is 76.9 Å². The van der Waals surface area contributed by atoms with Crippen molar-refractivity contribution >= 4 is 27.6 Å². The minimum Gasteiger partial charge on any atom is -0.347 e. The Labute approximate surface area is 171 Å². The standard InChI is InChI=1S/C26H28N2O/c1-19(29)9-7-15-27-18-22(21-11-4-6-13-24(21)27)26(2)14-8-16-28-23-12-5-3-10-20(23)17-25(26)28/h3-6,10-13,17-18H,7-9,14-16H2,1-2H3. The molecule has 4 aromatic rings. The molecule has 0 saturated carbocycles. The van der Waals surface area contributed by atoms with Crippen LogP contribution < -0.4 is 0 Å². The summed E-state index contributed by atoms with van der Waals surface area (Å²) in [5, 5.41) is 2.68. The van der Waals surface area contributed by atoms with Gasteiger partial charge in [-0.2, -0.15) is 0 Å². The van der Waals surface area contributed by atoms with E-state index in [0.29, 0.717) is 6.42 Å². The molecule has 0 saturated heterocycles. The van der Waals surface area contributed by atoms with Gasteiger partial charge in [-0.05, 0) is 62.3 Å². The van der Waals surface area contributed by atoms with Gasteiger partial charge in [0.1, 0.15) is 5.78 Å². The first-order valence-corrected chi connectivity index (χ1v) is 10.7. The number of hydrogen-bond donors (Lipinski definition) is 0. The van der Waals surface area contributed by atoms with Crippen LogP contribution in [0.2, 0.25) is 0 Å². The van der Waals surface area contributed by atoms with Gasteiger partial charge >= 0.3 is 0 Å². The van der Waals surface area contributed by atoms with E-state index in [1.54, 1.807) is 6.92 Å². The number of rotatable bonds is 5. The van der Waals surface area contributed by atoms with E-state index in [-0.39, 0.29) is 11.2 Å². The van der Waals surface area contributed by atoms with Crippen LogP contribution in [-0.4, -0.2) is 14.9 Å². The number of para-hydroxylation sites is 2. The number of benzene rings is 2. The van der Waals surface area contributed by atoms with Gasteiger partial charge in [0.05, 0.1) is 0 Å². The molecular formula is C26H28N2O. The monoisotopic (exact) mass is 384 g/mol. The molecule has 3 heterocycles. The van der Waals surface area contributed by atoms with E-state index < -0.39 is 0 Å². The molecule has 0 N–H and O–H groups in total. The Kier molecular flexibility index (Phi) is 4.34. The van der Waals surface area contributed by atoms with Crippen LogP contribution in [0.4, 0.5) is 0 Å². The van der Waals surface area contributed by atoms with Crippen LogP contribution in [0.15, 0.2) is 60.8 Å². The number of Topliss-reactive ketones (excluding diaryl/α,β-unsaturated/α-hetero) is 1. The minimum atomic E-state index is -0.0112. The smallest absolute Gasteiger partial charge is 0.129 e. The fourth-order valence-electron chi connectivity index (χ4n) is 5.27. The molecule has 2 aromatic carbocycles. The fraction of sp³-hybridized carbons (Fsp3) is 0.346. The molecular weight excluding hydrogens is 356 g/mol. The third kappa shape index (κ3) is 2.91. The summed E-state index contributed by atoms with van der Waals surface area (Å²) >= 11 is 0. The molecule has 2 aromatic heterocycles. The number of hydrogen-bond acceptors (Lipinski definition) is 1. The van der Waals surface area contributed by atoms with Crippen molar-refractivity contribution in [1.29, 1.82) is 0 Å². The molecule has 3 heteroatoms. The second kappa shape index (κ2) is 6.91. The van der Waals surface area contributed by atoms with Gasteiger partial charge in [-0.15, -0.1) is 0 Å². The van der Waals surface area contributed by atoms with Gasteiger partial charge in [0.2, 0.25) is 0 Å². The van der Waals surface area contributed by atoms with Crippen molar-refractivity contribution in [3.8, 4) is 0 Å². The van der Waals surface area contributed by atoms with E-state index in [4.69, 9.17) is 0 Å². The van der Waals surface area contributed by atoms with E-state index in [0.717, 1.165) is 25.9 Å². The number of ketones is 1. The van der Waals surface area contributed by atoms with Gasteiger partial charge in [0.15, 0.2) is 0 Å². The average Bonchev–Trinajstić information content (AvgIpc) is 3.28. The topological polar surface area (TPSA) is 26.9 Å². The number of fused-ring (bicyclic) bond motifs is 4. The van der Waals surface area contributed by atoms with E-state index in [1.165, 1.54) is 39.5 Å². The lowest BCUT2D eigenvalue weighted by Crippen LogP contribution is -2.31. The fourth-order valence-corrected chi connectivity index (χ4v) is 5.27. The highest BCUT2D eigenvalue weighted by atomic mass is 16.1. The first-order chi connectivity index (χ1) is 14.1. The summed E-state index contributed by atoms with van der Waals surface area (Å²) < 4.78 is 4.89. The lowest BCUT2D eigenvalue weighted by molar-refractivity contribution is -0.117. The number of nitrogens with zero attached hydrogens (tertiary/aromatic N) is 2. The van der Waals surface area contributed by atoms with Gasteiger partial charge in [-0.3, -0.25) is 0 Å². The summed E-state index contributed by atoms with van der Waals surface area (Å²) in [4.78, 5) is 11.4. The predicted octanol–water partition coefficient (Wildman–Crippen LogP) is 6.07. The quantitative estimate of drug-likeness (QED) is 0.410. The van der Waals surface area contributed by atoms with Crippen LogP contribution in [0.1, 0.15) is 50.8 Å². The molecule has 0 radical (unpaired) electrons. The molecule has 1 aliphatic rings. The normalized spacial score (nSPS) is 19.0. The summed E-state index contributed by atoms with van der Waals surface area (Å²) in [7, 11) is 0. The average molecular weight is 385 g/mol. The van der Waals surface area contributed by atoms with Crippen molar-refractivity contribution in [2.24, 2.45) is 0 Å². The predicted molar refractivity (Wildman–Crippen MR) is 119 cm³/mol. The van der Waals surface area contributed by atoms with Gasteiger partial charge in [0.25, 0.3) is 0 Å². The third-order valence-corrected chi connectivity index (χ3v) is 6.75. The first kappa shape index (κ1) is 18.2. The zero-order valence-corrected chi connectivity index (χ0v) is 17.3. The minimum absolute atomic E-state index is 0.0112. The molecule has 0 aliphatic carbocycles. The molecule has 1 atom stereocenters. The van der Waals surface area contributed by atoms with Crippen molar-refractivity contribution in [2.75, 3.05) is 0 Å². The van der Waals surface area contributed by atoms with Crippen LogP contribution >= 0.6 is 0 Å². The van der Waals surface area contributed by atoms with E-state index in [1.807, 2.05) is 0 Å². The van der Waals surface area contributed by atoms with Crippen molar-refractivity contribution in [2.45, 2.75) is 58.0 Å². The van der Waals surface area contributed by atoms with E-state index >= 15 is 0 Å². The largest absolute Gasteiger partial charge is 0.347 e. The third-order valence-electron chi connectivity index (χ3n) is 6.75. The number of carbonyl (C=O) groups is 1. The molecule has 1 unspecified atom stereocenters. The molecule has 0 fully saturated rings. The SMILES string of the molecule is CC(=O)CCCn1cc(C2(C)CCCn3c2cc2ccccc23)c2ccccc21. The van der Waals surface area contributed by atoms with Crippen LogP contribution in [0.3, 0.4) is 0 Å². The Hall–Kier alpha value is -2.81. The summed E-state index contributed by atoms with van der Waals surface area (Å²) in [6.45, 7) is 6.08. The number of aromatic nitrogens is 2. The van der Waals surface area contributed by atoms with Gasteiger partial charge in [-0.25, -0.2) is 0 Å². The van der Waals surface area contributed by atoms with Crippen molar-refractivity contribution in [3.05, 3.63) is 72.1 Å². The highest BCUT2D eigenvalue weighted by molar-refractivity contribution is 5.87. The Bertz CT molecular complexity index is 1210. The van der Waals surface area contributed by atoms with Gasteiger partial charge in [0, 0.05) is 53.2 Å². The summed E-state index contributed by atoms with van der Waals surface area (Å²) in [5.41, 5.74) is 5.46. The first-order valence-electron chi connectivity index (χ1n) is 10.7. The number of carbonyl (C=O) groups excluding carboxylic acids is 1. The van der Waals surface area contributed by atoms with E-state index in [9.17, 15) is 4.79 Å². The van der Waals surface area contributed by atoms with Crippen LogP contribution in [0.5, 0.6) is 0 Å². The Morgan fingerprint density at radius 2 is 1.83 bits per heavy atom. The van der Waals surface area contributed by atoms with Gasteiger partial charge < -0.3 is 13.9 Å². The summed E-state index contributed by atoms with van der Waals surface area (Å²) in [6, 6.07) is 19.9. The van der Waals surface area contributed by atoms with Gasteiger partial charge in [-0.1, -0.05) is 36.4 Å². The number of aryl methyl sites for hydroxylation is 2. The van der Waals surface area contributed by atoms with Crippen LogP contribution in [0, 0.1) is 0 Å². The second-order valence-electron chi connectivity index (χ2n) is 8.73. The Balaban J connectivity index is 1.65. The molecule has 0 amide bonds. The maximum Gasteiger partial charge on any atom is 0.129 e. The lowest BCUT2D eigenvalue weighted by Gasteiger charge is -2.35. The van der Waals surface area contributed by atoms with Crippen LogP contribution in [-0.2, 0) is 23.3 Å². The maximum atomic E-state index is 11.4. The molecule has 5 rings (SSSR count). The summed E-state index contributed by atoms with van der Waals surface area (Å²) in [5.74, 6) is 0.269. The maximum absolute atomic E-state index is 11.4. The highest BCUT2D eigenvalue weighted by Gasteiger charge is 2.37. The zero-order chi connectivity index (χ0) is 20.0. The second-order valence-corrected chi connectivity index (χ2v) is 8.73. The highest BCUT2D eigenvalue weighted by Crippen LogP contribution is 2.45. The Morgan fingerprint density at radius 3 is 2.66 bits per heavy atom. The zero-order valence-electron chi connectivity index (χ0n) is 17.3.